The van der Waals surface area contributed by atoms with E-state index in [2.05, 4.69) is 15.4 Å². The molecule has 2 aromatic rings. The Morgan fingerprint density at radius 3 is 2.77 bits per heavy atom. The van der Waals surface area contributed by atoms with E-state index in [1.165, 1.54) is 7.11 Å². The molecule has 0 unspecified atom stereocenters. The quantitative estimate of drug-likeness (QED) is 0.578. The highest BCUT2D eigenvalue weighted by Gasteiger charge is 2.54. The Kier molecular flexibility index (Phi) is 5.06. The Hall–Kier alpha value is -1.95. The van der Waals surface area contributed by atoms with Gasteiger partial charge in [-0.05, 0) is 6.42 Å². The number of nitrogens with zero attached hydrogens (tertiary/aromatic N) is 4. The van der Waals surface area contributed by atoms with E-state index in [4.69, 9.17) is 4.74 Å². The van der Waals surface area contributed by atoms with Gasteiger partial charge in [-0.3, -0.25) is 4.90 Å². The normalized spacial score (nSPS) is 19.7. The van der Waals surface area contributed by atoms with Crippen molar-refractivity contribution in [3.05, 3.63) is 16.4 Å². The van der Waals surface area contributed by atoms with E-state index in [1.807, 2.05) is 0 Å². The zero-order valence-electron chi connectivity index (χ0n) is 14.0. The fourth-order valence-corrected chi connectivity index (χ4v) is 3.74. The van der Waals surface area contributed by atoms with Crippen LogP contribution in [-0.2, 0) is 17.9 Å². The molecule has 1 fully saturated rings. The third-order valence-corrected chi connectivity index (χ3v) is 4.93. The van der Waals surface area contributed by atoms with Crippen molar-refractivity contribution < 1.29 is 27.1 Å². The Labute approximate surface area is 149 Å². The lowest BCUT2D eigenvalue weighted by Gasteiger charge is -2.25. The molecule has 0 aromatic carbocycles. The topological polar surface area (TPSA) is 71.8 Å². The second-order valence-corrected chi connectivity index (χ2v) is 6.87. The van der Waals surface area contributed by atoms with Crippen molar-refractivity contribution >= 4 is 22.3 Å². The maximum absolute atomic E-state index is 14.5. The van der Waals surface area contributed by atoms with Gasteiger partial charge in [-0.15, -0.1) is 0 Å². The summed E-state index contributed by atoms with van der Waals surface area (Å²) in [5.41, 5.74) is -0.893. The summed E-state index contributed by atoms with van der Waals surface area (Å²) in [6, 6.07) is -5.86. The van der Waals surface area contributed by atoms with Crippen LogP contribution in [0.1, 0.15) is 42.6 Å². The zero-order chi connectivity index (χ0) is 19.1. The van der Waals surface area contributed by atoms with E-state index < -0.39 is 36.8 Å². The number of ether oxygens (including phenoxy) is 1. The molecular formula is C14H17F4N5O2S. The van der Waals surface area contributed by atoms with Gasteiger partial charge in [0.15, 0.2) is 0 Å². The molecular weight excluding hydrogens is 378 g/mol. The molecule has 144 valence electrons. The fraction of sp³-hybridized carbons (Fsp3) is 0.643. The van der Waals surface area contributed by atoms with E-state index in [0.29, 0.717) is 11.4 Å². The summed E-state index contributed by atoms with van der Waals surface area (Å²) in [7, 11) is 1.44. The number of carbonyl (C=O) groups is 1. The van der Waals surface area contributed by atoms with Crippen LogP contribution < -0.4 is 5.32 Å². The van der Waals surface area contributed by atoms with Crippen molar-refractivity contribution in [1.82, 2.24) is 24.8 Å². The number of urea groups is 1. The number of alkyl halides is 4. The average molecular weight is 395 g/mol. The van der Waals surface area contributed by atoms with Crippen molar-refractivity contribution in [2.75, 3.05) is 7.11 Å². The smallest absolute Gasteiger partial charge is 0.349 e. The number of carbonyl (C=O) groups excluding carboxylic acids is 1. The summed E-state index contributed by atoms with van der Waals surface area (Å²) in [6.07, 6.45) is -2.46. The number of hydrogen-bond donors (Lipinski definition) is 1. The van der Waals surface area contributed by atoms with Crippen LogP contribution in [0.5, 0.6) is 0 Å². The summed E-state index contributed by atoms with van der Waals surface area (Å²) in [5.74, 6) is 0. The fourth-order valence-electron chi connectivity index (χ4n) is 2.85. The predicted molar refractivity (Wildman–Crippen MR) is 84.3 cm³/mol. The Morgan fingerprint density at radius 2 is 2.15 bits per heavy atom. The molecule has 12 heteroatoms. The minimum atomic E-state index is -3.50. The van der Waals surface area contributed by atoms with Gasteiger partial charge in [0, 0.05) is 7.11 Å². The second kappa shape index (κ2) is 6.99. The van der Waals surface area contributed by atoms with Crippen molar-refractivity contribution in [3.63, 3.8) is 0 Å². The molecule has 0 saturated carbocycles. The highest BCUT2D eigenvalue weighted by Crippen LogP contribution is 2.35. The van der Waals surface area contributed by atoms with Gasteiger partial charge in [-0.1, -0.05) is 24.7 Å². The summed E-state index contributed by atoms with van der Waals surface area (Å²) < 4.78 is 61.8. The number of halogens is 4. The van der Waals surface area contributed by atoms with Gasteiger partial charge in [0.2, 0.25) is 4.96 Å². The van der Waals surface area contributed by atoms with Gasteiger partial charge < -0.3 is 10.1 Å². The zero-order valence-corrected chi connectivity index (χ0v) is 14.8. The summed E-state index contributed by atoms with van der Waals surface area (Å²) in [5, 5.41) is 6.76. The molecule has 1 atom stereocenters. The number of aromatic nitrogens is 3. The van der Waals surface area contributed by atoms with Crippen LogP contribution in [-0.4, -0.2) is 44.7 Å². The van der Waals surface area contributed by atoms with Crippen molar-refractivity contribution in [3.8, 4) is 0 Å². The number of nitrogens with one attached hydrogen (secondary N) is 1. The third kappa shape index (κ3) is 3.11. The molecule has 3 rings (SSSR count). The molecule has 1 aliphatic heterocycles. The van der Waals surface area contributed by atoms with E-state index in [-0.39, 0.29) is 28.6 Å². The van der Waals surface area contributed by atoms with Gasteiger partial charge >= 0.3 is 12.1 Å². The Balaban J connectivity index is 1.98. The molecule has 3 heterocycles. The van der Waals surface area contributed by atoms with Crippen LogP contribution in [0.25, 0.3) is 4.96 Å². The molecule has 0 bridgehead atoms. The highest BCUT2D eigenvalue weighted by molar-refractivity contribution is 7.16. The molecule has 1 saturated heterocycles. The molecule has 0 spiro atoms. The summed E-state index contributed by atoms with van der Waals surface area (Å²) in [6.45, 7) is 1.12. The number of fused-ring (bicyclic) bond motifs is 1. The molecule has 0 radical (unpaired) electrons. The standard InChI is InChI=1S/C14H17F4N5O2S/c1-3-4-8-14(17,18)22(12(24)19-8)5-7-10(11(15)16)20-13-23(7)21-9(26-13)6-25-2/h8,11H,3-6H2,1-2H3,(H,19,24)/t8-/m1/s1. The van der Waals surface area contributed by atoms with Crippen molar-refractivity contribution in [2.24, 2.45) is 0 Å². The first-order valence-electron chi connectivity index (χ1n) is 7.89. The number of hydrogen-bond acceptors (Lipinski definition) is 5. The van der Waals surface area contributed by atoms with Crippen LogP contribution in [0, 0.1) is 0 Å². The van der Waals surface area contributed by atoms with E-state index in [1.54, 1.807) is 6.92 Å². The van der Waals surface area contributed by atoms with Gasteiger partial charge in [0.1, 0.15) is 16.7 Å². The van der Waals surface area contributed by atoms with Gasteiger partial charge in [0.05, 0.1) is 18.8 Å². The maximum Gasteiger partial charge on any atom is 0.349 e. The monoisotopic (exact) mass is 395 g/mol. The van der Waals surface area contributed by atoms with Crippen LogP contribution >= 0.6 is 11.3 Å². The minimum Gasteiger partial charge on any atom is -0.377 e. The summed E-state index contributed by atoms with van der Waals surface area (Å²) in [4.78, 5) is 16.2. The number of imidazole rings is 1. The Bertz CT molecular complexity index is 809. The number of rotatable bonds is 7. The largest absolute Gasteiger partial charge is 0.377 e. The van der Waals surface area contributed by atoms with Crippen molar-refractivity contribution in [1.29, 1.82) is 0 Å². The van der Waals surface area contributed by atoms with Crippen molar-refractivity contribution in [2.45, 2.75) is 51.4 Å². The lowest BCUT2D eigenvalue weighted by Crippen LogP contribution is -2.43. The van der Waals surface area contributed by atoms with Crippen LogP contribution in [0.3, 0.4) is 0 Å². The van der Waals surface area contributed by atoms with Gasteiger partial charge in [-0.25, -0.2) is 23.1 Å². The first kappa shape index (κ1) is 18.8. The molecule has 2 aromatic heterocycles. The number of methoxy groups -OCH3 is 1. The molecule has 1 aliphatic rings. The summed E-state index contributed by atoms with van der Waals surface area (Å²) >= 11 is 1.02. The SMILES string of the molecule is CCC[C@H]1NC(=O)N(Cc2c(C(F)F)nc3sc(COC)nn23)C1(F)F. The maximum atomic E-state index is 14.5. The number of amides is 2. The minimum absolute atomic E-state index is 0.0768. The van der Waals surface area contributed by atoms with Crippen LogP contribution in [0.2, 0.25) is 0 Å². The van der Waals surface area contributed by atoms with Crippen LogP contribution in [0.4, 0.5) is 22.4 Å². The van der Waals surface area contributed by atoms with E-state index in [0.717, 1.165) is 15.9 Å². The molecule has 7 nitrogen and oxygen atoms in total. The lowest BCUT2D eigenvalue weighted by atomic mass is 10.1. The molecule has 0 aliphatic carbocycles. The second-order valence-electron chi connectivity index (χ2n) is 5.83. The first-order chi connectivity index (χ1) is 12.3. The van der Waals surface area contributed by atoms with Crippen LogP contribution in [0.15, 0.2) is 0 Å². The molecule has 1 N–H and O–H groups in total. The average Bonchev–Trinajstić information content (AvgIpc) is 3.15. The van der Waals surface area contributed by atoms with E-state index in [9.17, 15) is 22.4 Å². The lowest BCUT2D eigenvalue weighted by molar-refractivity contribution is -0.122. The highest BCUT2D eigenvalue weighted by atomic mass is 32.1. The van der Waals surface area contributed by atoms with Gasteiger partial charge in [0.25, 0.3) is 6.43 Å². The Morgan fingerprint density at radius 1 is 1.42 bits per heavy atom. The van der Waals surface area contributed by atoms with E-state index >= 15 is 0 Å². The molecule has 26 heavy (non-hydrogen) atoms. The molecule has 2 amide bonds. The third-order valence-electron chi connectivity index (χ3n) is 4.05. The first-order valence-corrected chi connectivity index (χ1v) is 8.71. The van der Waals surface area contributed by atoms with Gasteiger partial charge in [-0.2, -0.15) is 13.9 Å². The predicted octanol–water partition coefficient (Wildman–Crippen LogP) is 3.16.